The summed E-state index contributed by atoms with van der Waals surface area (Å²) in [5, 5.41) is 4.67. The van der Waals surface area contributed by atoms with Crippen LogP contribution < -0.4 is 52.4 Å². The minimum absolute atomic E-state index is 0.212. The largest absolute Gasteiger partial charge is 0.454 e. The van der Waals surface area contributed by atoms with Crippen LogP contribution in [-0.4, -0.2) is 18.0 Å². The molecule has 0 fully saturated rings. The molecule has 6 heterocycles. The lowest BCUT2D eigenvalue weighted by atomic mass is 9.30. The molecule has 0 N–H and O–H groups in total. The van der Waals surface area contributed by atoms with Crippen LogP contribution in [-0.2, 0) is 10.8 Å². The Morgan fingerprint density at radius 1 is 0.280 bits per heavy atom. The molecule has 0 saturated heterocycles. The van der Waals surface area contributed by atoms with Crippen LogP contribution in [0.3, 0.4) is 0 Å². The van der Waals surface area contributed by atoms with Gasteiger partial charge in [0.25, 0.3) is 13.4 Å². The number of hydrogen-bond acceptors (Lipinski definition) is 5. The molecule has 0 amide bonds. The third kappa shape index (κ3) is 8.59. The number of rotatable bonds is 7. The normalized spacial score (nSPS) is 13.6. The van der Waals surface area contributed by atoms with Crippen molar-refractivity contribution < 1.29 is 4.42 Å². The zero-order valence-electron chi connectivity index (χ0n) is 56.7. The van der Waals surface area contributed by atoms with E-state index in [1.54, 1.807) is 0 Å². The highest BCUT2D eigenvalue weighted by Gasteiger charge is 2.50. The number of nitrogens with zero attached hydrogens (tertiary/aromatic N) is 5. The van der Waals surface area contributed by atoms with Crippen molar-refractivity contribution in [2.24, 2.45) is 0 Å². The van der Waals surface area contributed by atoms with Crippen LogP contribution in [0.4, 0.5) is 68.2 Å². The Kier molecular flexibility index (Phi) is 12.7. The summed E-state index contributed by atoms with van der Waals surface area (Å²) in [5.41, 5.74) is 32.8. The highest BCUT2D eigenvalue weighted by Crippen LogP contribution is 2.55. The summed E-state index contributed by atoms with van der Waals surface area (Å²) < 4.78 is 9.59. The SMILES string of the molecule is CC(C)(C)c1cc2c3c(c1)N(c1ccccc1)c1cc4c(cc1B3c1ccc(-n3c5ccccc5c5ccccc53)cc1N2c1ccccc1)B1c2ccccc2N(c2cccc3c2oc2ccccc23)c2cc(C(C)(C)C)cc(c21)N4c1c(-c2ccccc2)cccc1-c1ccccc1. The van der Waals surface area contributed by atoms with E-state index in [4.69, 9.17) is 4.42 Å². The van der Waals surface area contributed by atoms with Crippen LogP contribution in [0.25, 0.3) is 71.7 Å². The first-order chi connectivity index (χ1) is 48.9. The molecule has 474 valence electrons. The molecule has 2 aromatic heterocycles. The zero-order chi connectivity index (χ0) is 66.9. The summed E-state index contributed by atoms with van der Waals surface area (Å²) in [6, 6.07) is 116. The van der Waals surface area contributed by atoms with Gasteiger partial charge in [0.2, 0.25) is 0 Å². The van der Waals surface area contributed by atoms with Crippen molar-refractivity contribution in [3.8, 4) is 27.9 Å². The summed E-state index contributed by atoms with van der Waals surface area (Å²) in [7, 11) is 0. The quantitative estimate of drug-likeness (QED) is 0.148. The topological polar surface area (TPSA) is 31.0 Å². The molecule has 100 heavy (non-hydrogen) atoms. The van der Waals surface area contributed by atoms with Gasteiger partial charge in [-0.1, -0.05) is 254 Å². The maximum Gasteiger partial charge on any atom is 0.252 e. The number of benzene rings is 14. The second-order valence-electron chi connectivity index (χ2n) is 29.6. The van der Waals surface area contributed by atoms with E-state index in [2.05, 4.69) is 375 Å². The molecular formula is C92H69B2N5O. The first kappa shape index (κ1) is 58.2. The van der Waals surface area contributed by atoms with Gasteiger partial charge < -0.3 is 28.6 Å². The second-order valence-corrected chi connectivity index (χ2v) is 29.6. The van der Waals surface area contributed by atoms with Gasteiger partial charge in [0, 0.05) is 95.2 Å². The second kappa shape index (κ2) is 21.8. The number of furan rings is 1. The predicted octanol–water partition coefficient (Wildman–Crippen LogP) is 20.8. The molecule has 14 aromatic carbocycles. The van der Waals surface area contributed by atoms with Crippen LogP contribution in [0.1, 0.15) is 52.7 Å². The Morgan fingerprint density at radius 3 is 1.28 bits per heavy atom. The molecule has 16 aromatic rings. The molecule has 6 nitrogen and oxygen atoms in total. The van der Waals surface area contributed by atoms with Gasteiger partial charge in [0.05, 0.1) is 22.4 Å². The van der Waals surface area contributed by atoms with Gasteiger partial charge in [-0.2, -0.15) is 0 Å². The van der Waals surface area contributed by atoms with Gasteiger partial charge in [-0.05, 0) is 163 Å². The zero-order valence-corrected chi connectivity index (χ0v) is 56.7. The van der Waals surface area contributed by atoms with E-state index >= 15 is 0 Å². The molecule has 0 spiro atoms. The van der Waals surface area contributed by atoms with Gasteiger partial charge in [-0.25, -0.2) is 0 Å². The smallest absolute Gasteiger partial charge is 0.252 e. The molecule has 0 bridgehead atoms. The molecule has 20 rings (SSSR count). The molecular weight excluding hydrogens is 1210 g/mol. The van der Waals surface area contributed by atoms with E-state index < -0.39 is 0 Å². The first-order valence-corrected chi connectivity index (χ1v) is 35.1. The van der Waals surface area contributed by atoms with Gasteiger partial charge in [-0.15, -0.1) is 0 Å². The van der Waals surface area contributed by atoms with Crippen LogP contribution in [0.2, 0.25) is 0 Å². The van der Waals surface area contributed by atoms with Crippen molar-refractivity contribution in [3.63, 3.8) is 0 Å². The molecule has 0 aliphatic carbocycles. The van der Waals surface area contributed by atoms with Crippen LogP contribution >= 0.6 is 0 Å². The summed E-state index contributed by atoms with van der Waals surface area (Å²) in [6.07, 6.45) is 0. The number of para-hydroxylation sites is 8. The third-order valence-electron chi connectivity index (χ3n) is 21.8. The van der Waals surface area contributed by atoms with E-state index in [-0.39, 0.29) is 24.3 Å². The Bertz CT molecular complexity index is 5940. The molecule has 8 heteroatoms. The van der Waals surface area contributed by atoms with Gasteiger partial charge in [-0.3, -0.25) is 0 Å². The van der Waals surface area contributed by atoms with Crippen molar-refractivity contribution in [1.82, 2.24) is 4.57 Å². The Hall–Kier alpha value is -12.0. The van der Waals surface area contributed by atoms with Gasteiger partial charge in [0.15, 0.2) is 5.58 Å². The standard InChI is InChI=1S/C92H69B2N5O/c1-91(2,3)60-51-82-87-83(52-60)96(63-35-17-10-18-36-63)80-57-81-74(56-73(80)94(87)72-50-49-64(55-79(72)95(82)62-33-15-9-16-34-62)97-75-44-23-19-37-67(75)68-38-20-24-45-76(68)97)93-71-43-22-25-46-77(71)98(78-47-28-42-70-69-39-21-26-48-86(69)100-90(70)78)84-53-61(92(4,5)6)54-85(88(84)93)99(81)89-65(58-29-11-7-12-30-58)40-27-41-66(89)59-31-13-8-14-32-59/h7-57H,1-6H3. The minimum Gasteiger partial charge on any atom is -0.454 e. The average Bonchev–Trinajstić information content (AvgIpc) is 0.850. The predicted molar refractivity (Wildman–Crippen MR) is 424 cm³/mol. The lowest BCUT2D eigenvalue weighted by Gasteiger charge is -2.48. The van der Waals surface area contributed by atoms with Crippen molar-refractivity contribution >= 4 is 158 Å². The van der Waals surface area contributed by atoms with Gasteiger partial charge >= 0.3 is 0 Å². The highest BCUT2D eigenvalue weighted by molar-refractivity contribution is 7.03. The summed E-state index contributed by atoms with van der Waals surface area (Å²) in [5.74, 6) is 0. The van der Waals surface area contributed by atoms with Crippen molar-refractivity contribution in [3.05, 3.63) is 321 Å². The van der Waals surface area contributed by atoms with Crippen LogP contribution in [0.15, 0.2) is 314 Å². The summed E-state index contributed by atoms with van der Waals surface area (Å²) in [6.45, 7) is 13.8. The number of fused-ring (bicyclic) bond motifs is 14. The highest BCUT2D eigenvalue weighted by atomic mass is 16.3. The van der Waals surface area contributed by atoms with Crippen molar-refractivity contribution in [2.45, 2.75) is 52.4 Å². The number of aromatic nitrogens is 1. The fraction of sp³-hybridized carbons (Fsp3) is 0.0870. The van der Waals surface area contributed by atoms with Crippen molar-refractivity contribution in [2.75, 3.05) is 19.6 Å². The first-order valence-electron chi connectivity index (χ1n) is 35.1. The van der Waals surface area contributed by atoms with E-state index in [0.717, 1.165) is 107 Å². The molecule has 0 saturated carbocycles. The van der Waals surface area contributed by atoms with Crippen LogP contribution in [0.5, 0.6) is 0 Å². The Labute approximate surface area is 584 Å². The summed E-state index contributed by atoms with van der Waals surface area (Å²) in [4.78, 5) is 10.5. The van der Waals surface area contributed by atoms with E-state index in [1.807, 2.05) is 0 Å². The summed E-state index contributed by atoms with van der Waals surface area (Å²) >= 11 is 0. The van der Waals surface area contributed by atoms with Crippen molar-refractivity contribution in [1.29, 1.82) is 0 Å². The van der Waals surface area contributed by atoms with E-state index in [0.29, 0.717) is 0 Å². The van der Waals surface area contributed by atoms with E-state index in [9.17, 15) is 0 Å². The molecule has 0 unspecified atom stereocenters. The number of anilines is 12. The molecule has 4 aliphatic heterocycles. The monoisotopic (exact) mass is 1280 g/mol. The van der Waals surface area contributed by atoms with Gasteiger partial charge in [0.1, 0.15) is 5.58 Å². The molecule has 0 radical (unpaired) electrons. The maximum absolute atomic E-state index is 7.11. The maximum atomic E-state index is 7.11. The Balaban J connectivity index is 0.943. The fourth-order valence-electron chi connectivity index (χ4n) is 17.2. The minimum atomic E-state index is -0.280. The molecule has 0 atom stereocenters. The third-order valence-corrected chi connectivity index (χ3v) is 21.8. The average molecular weight is 1280 g/mol. The lowest BCUT2D eigenvalue weighted by Crippen LogP contribution is -2.65. The lowest BCUT2D eigenvalue weighted by molar-refractivity contribution is 0.590. The van der Waals surface area contributed by atoms with E-state index in [1.165, 1.54) is 77.1 Å². The molecule has 4 aliphatic rings. The Morgan fingerprint density at radius 2 is 0.710 bits per heavy atom. The fourth-order valence-corrected chi connectivity index (χ4v) is 17.2. The van der Waals surface area contributed by atoms with Crippen LogP contribution in [0, 0.1) is 0 Å². The number of hydrogen-bond donors (Lipinski definition) is 0.